The Kier molecular flexibility index (Phi) is 5.84. The van der Waals surface area contributed by atoms with Crippen LogP contribution in [0.15, 0.2) is 66.7 Å². The molecule has 1 N–H and O–H groups in total. The third-order valence-electron chi connectivity index (χ3n) is 3.81. The SMILES string of the molecule is COc1ccc(C(=O)Nc2ccc(Oc3ccc(Cl)cc3)cc2)cc1OC. The average Bonchev–Trinajstić information content (AvgIpc) is 2.70. The third-order valence-corrected chi connectivity index (χ3v) is 4.06. The molecule has 0 saturated carbocycles. The molecule has 0 aliphatic carbocycles. The minimum absolute atomic E-state index is 0.248. The summed E-state index contributed by atoms with van der Waals surface area (Å²) in [6, 6.07) is 19.2. The van der Waals surface area contributed by atoms with Gasteiger partial charge in [-0.2, -0.15) is 0 Å². The van der Waals surface area contributed by atoms with Gasteiger partial charge in [-0.1, -0.05) is 11.6 Å². The standard InChI is InChI=1S/C21H18ClNO4/c1-25-19-12-3-14(13-20(19)26-2)21(24)23-16-6-10-18(11-7-16)27-17-8-4-15(22)5-9-17/h3-13H,1-2H3,(H,23,24). The highest BCUT2D eigenvalue weighted by molar-refractivity contribution is 6.30. The molecule has 5 nitrogen and oxygen atoms in total. The summed E-state index contributed by atoms with van der Waals surface area (Å²) in [5.41, 5.74) is 1.12. The second kappa shape index (κ2) is 8.47. The van der Waals surface area contributed by atoms with Crippen molar-refractivity contribution in [1.82, 2.24) is 0 Å². The molecular formula is C21H18ClNO4. The molecule has 27 heavy (non-hydrogen) atoms. The van der Waals surface area contributed by atoms with Gasteiger partial charge in [0.1, 0.15) is 11.5 Å². The molecule has 0 aromatic heterocycles. The monoisotopic (exact) mass is 383 g/mol. The molecule has 3 aromatic rings. The van der Waals surface area contributed by atoms with E-state index in [2.05, 4.69) is 5.32 Å². The number of anilines is 1. The number of carbonyl (C=O) groups excluding carboxylic acids is 1. The number of rotatable bonds is 6. The molecule has 0 radical (unpaired) electrons. The van der Waals surface area contributed by atoms with Crippen molar-refractivity contribution < 1.29 is 19.0 Å². The van der Waals surface area contributed by atoms with E-state index < -0.39 is 0 Å². The number of hydrogen-bond acceptors (Lipinski definition) is 4. The van der Waals surface area contributed by atoms with Crippen molar-refractivity contribution in [3.63, 3.8) is 0 Å². The Balaban J connectivity index is 1.67. The van der Waals surface area contributed by atoms with Crippen molar-refractivity contribution in [2.24, 2.45) is 0 Å². The highest BCUT2D eigenvalue weighted by Gasteiger charge is 2.11. The van der Waals surface area contributed by atoms with Crippen molar-refractivity contribution >= 4 is 23.2 Å². The van der Waals surface area contributed by atoms with Crippen LogP contribution in [0.5, 0.6) is 23.0 Å². The fraction of sp³-hybridized carbons (Fsp3) is 0.0952. The lowest BCUT2D eigenvalue weighted by molar-refractivity contribution is 0.102. The van der Waals surface area contributed by atoms with Crippen molar-refractivity contribution in [1.29, 1.82) is 0 Å². The topological polar surface area (TPSA) is 56.8 Å². The van der Waals surface area contributed by atoms with Gasteiger partial charge in [0, 0.05) is 16.3 Å². The van der Waals surface area contributed by atoms with Crippen molar-refractivity contribution in [3.8, 4) is 23.0 Å². The van der Waals surface area contributed by atoms with Crippen LogP contribution in [0.3, 0.4) is 0 Å². The molecule has 3 aromatic carbocycles. The first kappa shape index (κ1) is 18.6. The Morgan fingerprint density at radius 2 is 1.41 bits per heavy atom. The lowest BCUT2D eigenvalue weighted by Gasteiger charge is -2.11. The third kappa shape index (κ3) is 4.71. The summed E-state index contributed by atoms with van der Waals surface area (Å²) < 4.78 is 16.1. The van der Waals surface area contributed by atoms with E-state index in [0.717, 1.165) is 0 Å². The van der Waals surface area contributed by atoms with Crippen LogP contribution in [0.1, 0.15) is 10.4 Å². The first-order valence-corrected chi connectivity index (χ1v) is 8.53. The van der Waals surface area contributed by atoms with Crippen LogP contribution in [0, 0.1) is 0 Å². The van der Waals surface area contributed by atoms with Crippen LogP contribution in [0.4, 0.5) is 5.69 Å². The predicted octanol–water partition coefficient (Wildman–Crippen LogP) is 5.40. The van der Waals surface area contributed by atoms with Gasteiger partial charge in [0.05, 0.1) is 14.2 Å². The van der Waals surface area contributed by atoms with E-state index >= 15 is 0 Å². The van der Waals surface area contributed by atoms with Gasteiger partial charge in [0.15, 0.2) is 11.5 Å². The average molecular weight is 384 g/mol. The van der Waals surface area contributed by atoms with Crippen LogP contribution >= 0.6 is 11.6 Å². The molecule has 0 fully saturated rings. The Labute approximate surface area is 162 Å². The van der Waals surface area contributed by atoms with E-state index in [4.69, 9.17) is 25.8 Å². The van der Waals surface area contributed by atoms with Crippen LogP contribution < -0.4 is 19.5 Å². The molecular weight excluding hydrogens is 366 g/mol. The molecule has 0 aliphatic rings. The summed E-state index contributed by atoms with van der Waals surface area (Å²) in [4.78, 5) is 12.4. The summed E-state index contributed by atoms with van der Waals surface area (Å²) >= 11 is 5.86. The van der Waals surface area contributed by atoms with Crippen molar-refractivity contribution in [2.45, 2.75) is 0 Å². The van der Waals surface area contributed by atoms with E-state index in [0.29, 0.717) is 39.3 Å². The van der Waals surface area contributed by atoms with Gasteiger partial charge < -0.3 is 19.5 Å². The molecule has 3 rings (SSSR count). The second-order valence-electron chi connectivity index (χ2n) is 5.60. The molecule has 138 valence electrons. The fourth-order valence-electron chi connectivity index (χ4n) is 2.43. The molecule has 0 bridgehead atoms. The van der Waals surface area contributed by atoms with E-state index in [9.17, 15) is 4.79 Å². The molecule has 0 spiro atoms. The predicted molar refractivity (Wildman–Crippen MR) is 105 cm³/mol. The lowest BCUT2D eigenvalue weighted by atomic mass is 10.2. The highest BCUT2D eigenvalue weighted by Crippen LogP contribution is 2.28. The summed E-state index contributed by atoms with van der Waals surface area (Å²) in [6.07, 6.45) is 0. The highest BCUT2D eigenvalue weighted by atomic mass is 35.5. The molecule has 0 aliphatic heterocycles. The first-order chi connectivity index (χ1) is 13.1. The zero-order chi connectivity index (χ0) is 19.2. The smallest absolute Gasteiger partial charge is 0.255 e. The number of amides is 1. The van der Waals surface area contributed by atoms with E-state index in [-0.39, 0.29) is 5.91 Å². The zero-order valence-electron chi connectivity index (χ0n) is 14.9. The van der Waals surface area contributed by atoms with Gasteiger partial charge in [-0.3, -0.25) is 4.79 Å². The maximum atomic E-state index is 12.4. The van der Waals surface area contributed by atoms with Gasteiger partial charge in [-0.05, 0) is 66.7 Å². The number of halogens is 1. The largest absolute Gasteiger partial charge is 0.493 e. The summed E-state index contributed by atoms with van der Waals surface area (Å²) in [7, 11) is 3.07. The van der Waals surface area contributed by atoms with Gasteiger partial charge >= 0.3 is 0 Å². The second-order valence-corrected chi connectivity index (χ2v) is 6.04. The summed E-state index contributed by atoms with van der Waals surface area (Å²) in [6.45, 7) is 0. The van der Waals surface area contributed by atoms with Gasteiger partial charge in [-0.15, -0.1) is 0 Å². The summed E-state index contributed by atoms with van der Waals surface area (Å²) in [5.74, 6) is 2.15. The number of benzene rings is 3. The molecule has 0 atom stereocenters. The quantitative estimate of drug-likeness (QED) is 0.619. The normalized spacial score (nSPS) is 10.2. The number of carbonyl (C=O) groups is 1. The fourth-order valence-corrected chi connectivity index (χ4v) is 2.55. The molecule has 0 saturated heterocycles. The minimum atomic E-state index is -0.248. The van der Waals surface area contributed by atoms with Gasteiger partial charge in [-0.25, -0.2) is 0 Å². The summed E-state index contributed by atoms with van der Waals surface area (Å²) in [5, 5.41) is 3.49. The first-order valence-electron chi connectivity index (χ1n) is 8.16. The molecule has 0 heterocycles. The Hall–Kier alpha value is -3.18. The van der Waals surface area contributed by atoms with Gasteiger partial charge in [0.25, 0.3) is 5.91 Å². The maximum Gasteiger partial charge on any atom is 0.255 e. The number of nitrogens with one attached hydrogen (secondary N) is 1. The number of methoxy groups -OCH3 is 2. The lowest BCUT2D eigenvalue weighted by Crippen LogP contribution is -2.12. The minimum Gasteiger partial charge on any atom is -0.493 e. The number of ether oxygens (including phenoxy) is 3. The maximum absolute atomic E-state index is 12.4. The van der Waals surface area contributed by atoms with E-state index in [1.54, 1.807) is 73.8 Å². The van der Waals surface area contributed by atoms with Crippen LogP contribution in [-0.2, 0) is 0 Å². The number of hydrogen-bond donors (Lipinski definition) is 1. The molecule has 0 unspecified atom stereocenters. The Morgan fingerprint density at radius 3 is 2.00 bits per heavy atom. The zero-order valence-corrected chi connectivity index (χ0v) is 15.6. The Bertz CT molecular complexity index is 924. The molecule has 6 heteroatoms. The van der Waals surface area contributed by atoms with E-state index in [1.807, 2.05) is 0 Å². The van der Waals surface area contributed by atoms with Crippen LogP contribution in [-0.4, -0.2) is 20.1 Å². The van der Waals surface area contributed by atoms with Crippen molar-refractivity contribution in [3.05, 3.63) is 77.3 Å². The van der Waals surface area contributed by atoms with Crippen LogP contribution in [0.2, 0.25) is 5.02 Å². The van der Waals surface area contributed by atoms with E-state index in [1.165, 1.54) is 7.11 Å². The van der Waals surface area contributed by atoms with Crippen molar-refractivity contribution in [2.75, 3.05) is 19.5 Å². The molecule has 1 amide bonds. The van der Waals surface area contributed by atoms with Crippen LogP contribution in [0.25, 0.3) is 0 Å². The Morgan fingerprint density at radius 1 is 0.815 bits per heavy atom. The van der Waals surface area contributed by atoms with Gasteiger partial charge in [0.2, 0.25) is 0 Å².